The summed E-state index contributed by atoms with van der Waals surface area (Å²) in [7, 11) is 1.49. The Bertz CT molecular complexity index is 637. The molecule has 0 bridgehead atoms. The van der Waals surface area contributed by atoms with E-state index in [4.69, 9.17) is 4.74 Å². The van der Waals surface area contributed by atoms with Gasteiger partial charge in [-0.3, -0.25) is 0 Å². The molecule has 3 aromatic rings. The molecule has 0 spiro atoms. The first-order chi connectivity index (χ1) is 9.35. The van der Waals surface area contributed by atoms with E-state index in [0.717, 1.165) is 0 Å². The molecule has 96 valence electrons. The summed E-state index contributed by atoms with van der Waals surface area (Å²) in [6, 6.07) is 13.9. The molecule has 0 aliphatic heterocycles. The number of pyridine rings is 1. The molecule has 0 N–H and O–H groups in total. The summed E-state index contributed by atoms with van der Waals surface area (Å²) in [6.07, 6.45) is 1.58. The molecule has 3 rings (SSSR count). The highest BCUT2D eigenvalue weighted by Gasteiger charge is 2.14. The van der Waals surface area contributed by atoms with Gasteiger partial charge >= 0.3 is 16.6 Å². The van der Waals surface area contributed by atoms with Crippen LogP contribution in [-0.4, -0.2) is 12.1 Å². The minimum atomic E-state index is 0.382. The van der Waals surface area contributed by atoms with E-state index >= 15 is 0 Å². The number of benzene rings is 1. The monoisotopic (exact) mass is 290 g/mol. The largest absolute Gasteiger partial charge is 0.511 e. The minimum absolute atomic E-state index is 0.382. The molecule has 0 saturated carbocycles. The van der Waals surface area contributed by atoms with Crippen molar-refractivity contribution in [3.05, 3.63) is 54.0 Å². The van der Waals surface area contributed by atoms with Gasteiger partial charge in [-0.05, 0) is 29.0 Å². The number of thiophene rings is 1. The molecule has 2 aromatic heterocycles. The Balaban J connectivity index is 0.000000141. The Morgan fingerprint density at radius 1 is 1.16 bits per heavy atom. The lowest BCUT2D eigenvalue weighted by atomic mass is 10.3. The van der Waals surface area contributed by atoms with Gasteiger partial charge in [0.25, 0.3) is 5.88 Å². The normalized spacial score (nSPS) is 9.53. The van der Waals surface area contributed by atoms with Crippen molar-refractivity contribution in [2.75, 3.05) is 7.11 Å². The minimum Gasteiger partial charge on any atom is -0.477 e. The first kappa shape index (κ1) is 13.6. The smallest absolute Gasteiger partial charge is 0.477 e. The van der Waals surface area contributed by atoms with Crippen molar-refractivity contribution in [2.45, 2.75) is 4.90 Å². The molecule has 5 heteroatoms. The van der Waals surface area contributed by atoms with Gasteiger partial charge in [-0.2, -0.15) is 0 Å². The van der Waals surface area contributed by atoms with Gasteiger partial charge in [-0.15, -0.1) is 11.3 Å². The SMILES string of the molecule is COc1ncccc1[S+]=O.c1ccc2sccc2c1. The van der Waals surface area contributed by atoms with E-state index in [9.17, 15) is 4.21 Å². The van der Waals surface area contributed by atoms with Crippen molar-refractivity contribution in [3.8, 4) is 5.88 Å². The molecule has 0 aliphatic rings. The molecule has 0 fully saturated rings. The third-order valence-electron chi connectivity index (χ3n) is 2.38. The Kier molecular flexibility index (Phi) is 4.94. The first-order valence-electron chi connectivity index (χ1n) is 5.56. The quantitative estimate of drug-likeness (QED) is 0.674. The third kappa shape index (κ3) is 3.56. The maximum atomic E-state index is 10.3. The number of fused-ring (bicyclic) bond motifs is 1. The predicted octanol–water partition coefficient (Wildman–Crippen LogP) is 3.78. The Morgan fingerprint density at radius 2 is 2.00 bits per heavy atom. The zero-order chi connectivity index (χ0) is 13.5. The van der Waals surface area contributed by atoms with E-state index in [1.54, 1.807) is 29.7 Å². The lowest BCUT2D eigenvalue weighted by Crippen LogP contribution is -1.89. The summed E-state index contributed by atoms with van der Waals surface area (Å²) >= 11 is 2.17. The molecule has 0 amide bonds. The standard InChI is InChI=1S/C8H6S.C6H6NO2S/c1-2-4-8-7(3-1)5-6-9-8;1-9-6-5(10-8)3-2-4-7-6/h1-6H;2-4H,1H3/q;+1. The fourth-order valence-electron chi connectivity index (χ4n) is 1.50. The number of rotatable bonds is 2. The van der Waals surface area contributed by atoms with Crippen LogP contribution in [0, 0.1) is 0 Å². The second-order valence-corrected chi connectivity index (χ2v) is 5.11. The Morgan fingerprint density at radius 3 is 2.68 bits per heavy atom. The maximum Gasteiger partial charge on any atom is 0.511 e. The fourth-order valence-corrected chi connectivity index (χ4v) is 2.63. The molecule has 3 nitrogen and oxygen atoms in total. The summed E-state index contributed by atoms with van der Waals surface area (Å²) in [5, 5.41) is 3.47. The molecule has 1 aromatic carbocycles. The zero-order valence-electron chi connectivity index (χ0n) is 10.3. The molecule has 0 atom stereocenters. The van der Waals surface area contributed by atoms with Crippen LogP contribution in [0.1, 0.15) is 0 Å². The number of hydrogen-bond acceptors (Lipinski definition) is 4. The number of ether oxygens (including phenoxy) is 1. The van der Waals surface area contributed by atoms with Crippen LogP contribution < -0.4 is 4.74 Å². The molecular weight excluding hydrogens is 278 g/mol. The average molecular weight is 290 g/mol. The van der Waals surface area contributed by atoms with Crippen LogP contribution in [0.3, 0.4) is 0 Å². The summed E-state index contributed by atoms with van der Waals surface area (Å²) in [4.78, 5) is 4.34. The highest BCUT2D eigenvalue weighted by Crippen LogP contribution is 2.18. The van der Waals surface area contributed by atoms with Crippen molar-refractivity contribution in [2.24, 2.45) is 0 Å². The van der Waals surface area contributed by atoms with E-state index in [1.165, 1.54) is 17.2 Å². The summed E-state index contributed by atoms with van der Waals surface area (Å²) in [5.74, 6) is 0.391. The second kappa shape index (κ2) is 6.92. The predicted molar refractivity (Wildman–Crippen MR) is 78.9 cm³/mol. The van der Waals surface area contributed by atoms with Gasteiger partial charge in [-0.25, -0.2) is 4.98 Å². The van der Waals surface area contributed by atoms with Gasteiger partial charge in [0.1, 0.15) is 0 Å². The van der Waals surface area contributed by atoms with Crippen molar-refractivity contribution < 1.29 is 8.95 Å². The Hall–Kier alpha value is -1.85. The van der Waals surface area contributed by atoms with Crippen LogP contribution >= 0.6 is 11.3 Å². The van der Waals surface area contributed by atoms with Crippen molar-refractivity contribution in [1.82, 2.24) is 4.98 Å². The van der Waals surface area contributed by atoms with Gasteiger partial charge in [0.15, 0.2) is 0 Å². The van der Waals surface area contributed by atoms with E-state index in [2.05, 4.69) is 40.7 Å². The molecular formula is C14H12NO2S2+. The fraction of sp³-hybridized carbons (Fsp3) is 0.0714. The zero-order valence-corrected chi connectivity index (χ0v) is 11.9. The highest BCUT2D eigenvalue weighted by molar-refractivity contribution is 7.65. The topological polar surface area (TPSA) is 39.2 Å². The van der Waals surface area contributed by atoms with Crippen LogP contribution in [0.4, 0.5) is 0 Å². The second-order valence-electron chi connectivity index (χ2n) is 3.55. The maximum absolute atomic E-state index is 10.3. The molecule has 2 heterocycles. The van der Waals surface area contributed by atoms with Crippen molar-refractivity contribution >= 4 is 33.1 Å². The van der Waals surface area contributed by atoms with E-state index in [-0.39, 0.29) is 0 Å². The summed E-state index contributed by atoms with van der Waals surface area (Å²) in [6.45, 7) is 0. The van der Waals surface area contributed by atoms with Crippen molar-refractivity contribution in [3.63, 3.8) is 0 Å². The van der Waals surface area contributed by atoms with Crippen molar-refractivity contribution in [1.29, 1.82) is 0 Å². The first-order valence-corrected chi connectivity index (χ1v) is 7.18. The van der Waals surface area contributed by atoms with Crippen LogP contribution in [0.2, 0.25) is 0 Å². The molecule has 0 radical (unpaired) electrons. The van der Waals surface area contributed by atoms with Gasteiger partial charge < -0.3 is 4.74 Å². The molecule has 0 saturated heterocycles. The summed E-state index contributed by atoms with van der Waals surface area (Å²) < 4.78 is 16.5. The third-order valence-corrected chi connectivity index (χ3v) is 3.77. The molecule has 0 unspecified atom stereocenters. The summed E-state index contributed by atoms with van der Waals surface area (Å²) in [5.41, 5.74) is 0. The number of nitrogens with zero attached hydrogens (tertiary/aromatic N) is 1. The Labute approximate surface area is 119 Å². The lowest BCUT2D eigenvalue weighted by Gasteiger charge is -1.91. The molecule has 19 heavy (non-hydrogen) atoms. The van der Waals surface area contributed by atoms with Gasteiger partial charge in [0.05, 0.1) is 7.11 Å². The van der Waals surface area contributed by atoms with Gasteiger partial charge in [0.2, 0.25) is 0 Å². The van der Waals surface area contributed by atoms with E-state index in [0.29, 0.717) is 22.4 Å². The van der Waals surface area contributed by atoms with Gasteiger partial charge in [0, 0.05) is 21.2 Å². The van der Waals surface area contributed by atoms with E-state index in [1.807, 2.05) is 0 Å². The lowest BCUT2D eigenvalue weighted by molar-refractivity contribution is 0.386. The number of methoxy groups -OCH3 is 1. The van der Waals surface area contributed by atoms with Crippen LogP contribution in [-0.2, 0) is 15.9 Å². The van der Waals surface area contributed by atoms with Crippen LogP contribution in [0.5, 0.6) is 5.88 Å². The molecule has 0 aliphatic carbocycles. The number of aromatic nitrogens is 1. The van der Waals surface area contributed by atoms with Crippen LogP contribution in [0.25, 0.3) is 10.1 Å². The average Bonchev–Trinajstić information content (AvgIpc) is 2.96. The van der Waals surface area contributed by atoms with E-state index < -0.39 is 0 Å². The van der Waals surface area contributed by atoms with Crippen LogP contribution in [0.15, 0.2) is 58.9 Å². The number of hydrogen-bond donors (Lipinski definition) is 0. The van der Waals surface area contributed by atoms with Gasteiger partial charge in [-0.1, -0.05) is 18.2 Å². The highest BCUT2D eigenvalue weighted by atomic mass is 32.1.